The highest BCUT2D eigenvalue weighted by Gasteiger charge is 2.34. The first-order valence-corrected chi connectivity index (χ1v) is 7.91. The molecule has 0 aromatic rings. The number of carbonyl (C=O) groups excluding carboxylic acids is 1. The number of thioether (sulfide) groups is 1. The second kappa shape index (κ2) is 7.00. The van der Waals surface area contributed by atoms with E-state index >= 15 is 0 Å². The number of likely N-dealkylation sites (tertiary alicyclic amines) is 1. The molecule has 2 amide bonds. The number of nitrogens with zero attached hydrogens (tertiary/aromatic N) is 2. The van der Waals surface area contributed by atoms with Crippen molar-refractivity contribution in [3.8, 4) is 0 Å². The molecule has 2 saturated heterocycles. The largest absolute Gasteiger partial charge is 0.480 e. The maximum atomic E-state index is 11.9. The maximum absolute atomic E-state index is 11.9. The van der Waals surface area contributed by atoms with Gasteiger partial charge in [0.25, 0.3) is 0 Å². The molecule has 2 fully saturated rings. The molecule has 2 heterocycles. The van der Waals surface area contributed by atoms with E-state index in [0.717, 1.165) is 19.6 Å². The van der Waals surface area contributed by atoms with Gasteiger partial charge in [-0.3, -0.25) is 0 Å². The molecule has 2 aliphatic rings. The molecule has 0 spiro atoms. The van der Waals surface area contributed by atoms with Crippen molar-refractivity contribution in [2.75, 3.05) is 37.8 Å². The molecule has 1 unspecified atom stereocenters. The van der Waals surface area contributed by atoms with Gasteiger partial charge in [-0.2, -0.15) is 0 Å². The number of hydrogen-bond donors (Lipinski definition) is 2. The van der Waals surface area contributed by atoms with Gasteiger partial charge >= 0.3 is 12.0 Å². The summed E-state index contributed by atoms with van der Waals surface area (Å²) in [5.74, 6) is 0.0256. The van der Waals surface area contributed by atoms with Crippen LogP contribution in [0.2, 0.25) is 0 Å². The van der Waals surface area contributed by atoms with E-state index in [1.165, 1.54) is 35.9 Å². The number of rotatable bonds is 4. The summed E-state index contributed by atoms with van der Waals surface area (Å²) in [6, 6.07) is -0.936. The molecule has 7 heteroatoms. The highest BCUT2D eigenvalue weighted by atomic mass is 32.2. The summed E-state index contributed by atoms with van der Waals surface area (Å²) in [6.45, 7) is 3.65. The number of urea groups is 1. The fraction of sp³-hybridized carbons (Fsp3) is 0.833. The van der Waals surface area contributed by atoms with Crippen LogP contribution in [0.1, 0.15) is 19.3 Å². The van der Waals surface area contributed by atoms with Crippen LogP contribution in [0.25, 0.3) is 0 Å². The fourth-order valence-electron chi connectivity index (χ4n) is 2.45. The molecule has 1 atom stereocenters. The second-order valence-electron chi connectivity index (χ2n) is 4.96. The van der Waals surface area contributed by atoms with E-state index in [0.29, 0.717) is 18.2 Å². The van der Waals surface area contributed by atoms with Gasteiger partial charge in [-0.05, 0) is 25.9 Å². The normalized spacial score (nSPS) is 24.4. The average molecular weight is 287 g/mol. The zero-order valence-electron chi connectivity index (χ0n) is 11.0. The number of carbonyl (C=O) groups is 2. The van der Waals surface area contributed by atoms with Crippen molar-refractivity contribution in [1.29, 1.82) is 0 Å². The highest BCUT2D eigenvalue weighted by molar-refractivity contribution is 7.99. The number of nitrogens with one attached hydrogen (secondary N) is 1. The molecule has 0 aliphatic carbocycles. The molecule has 0 bridgehead atoms. The van der Waals surface area contributed by atoms with Gasteiger partial charge in [-0.25, -0.2) is 9.59 Å². The topological polar surface area (TPSA) is 72.9 Å². The van der Waals surface area contributed by atoms with Gasteiger partial charge < -0.3 is 20.2 Å². The van der Waals surface area contributed by atoms with Gasteiger partial charge in [0, 0.05) is 18.8 Å². The van der Waals surface area contributed by atoms with E-state index in [-0.39, 0.29) is 6.03 Å². The Bertz CT molecular complexity index is 334. The lowest BCUT2D eigenvalue weighted by atomic mass is 10.1. The van der Waals surface area contributed by atoms with Crippen molar-refractivity contribution >= 4 is 23.8 Å². The van der Waals surface area contributed by atoms with E-state index in [1.54, 1.807) is 0 Å². The molecule has 0 aromatic heterocycles. The van der Waals surface area contributed by atoms with E-state index < -0.39 is 12.0 Å². The van der Waals surface area contributed by atoms with Crippen LogP contribution in [0.3, 0.4) is 0 Å². The lowest BCUT2D eigenvalue weighted by Crippen LogP contribution is -2.48. The predicted octanol–water partition coefficient (Wildman–Crippen LogP) is 0.641. The van der Waals surface area contributed by atoms with Crippen LogP contribution in [0.4, 0.5) is 4.79 Å². The Kier molecular flexibility index (Phi) is 5.33. The minimum atomic E-state index is -0.920. The van der Waals surface area contributed by atoms with Crippen molar-refractivity contribution in [3.05, 3.63) is 0 Å². The summed E-state index contributed by atoms with van der Waals surface area (Å²) in [5, 5.41) is 11.8. The smallest absolute Gasteiger partial charge is 0.327 e. The minimum Gasteiger partial charge on any atom is -0.480 e. The molecule has 0 aromatic carbocycles. The monoisotopic (exact) mass is 287 g/mol. The van der Waals surface area contributed by atoms with E-state index in [2.05, 4.69) is 10.2 Å². The highest BCUT2D eigenvalue weighted by Crippen LogP contribution is 2.20. The van der Waals surface area contributed by atoms with Crippen molar-refractivity contribution in [2.24, 2.45) is 0 Å². The van der Waals surface area contributed by atoms with E-state index in [9.17, 15) is 9.59 Å². The van der Waals surface area contributed by atoms with Gasteiger partial charge in [-0.1, -0.05) is 6.42 Å². The molecule has 108 valence electrons. The lowest BCUT2D eigenvalue weighted by Gasteiger charge is -2.27. The zero-order chi connectivity index (χ0) is 13.7. The van der Waals surface area contributed by atoms with Crippen LogP contribution in [0, 0.1) is 0 Å². The Morgan fingerprint density at radius 3 is 2.68 bits per heavy atom. The standard InChI is InChI=1S/C12H21N3O3S/c16-11(17)10-8-19-9-15(10)12(18)13-4-7-14-5-2-1-3-6-14/h10H,1-9H2,(H,13,18)(H,16,17). The average Bonchev–Trinajstić information content (AvgIpc) is 2.89. The first-order chi connectivity index (χ1) is 9.18. The number of piperidine rings is 1. The van der Waals surface area contributed by atoms with Crippen LogP contribution in [-0.2, 0) is 4.79 Å². The Labute approximate surface area is 117 Å². The SMILES string of the molecule is O=C(O)C1CSCN1C(=O)NCCN1CCCCC1. The first-order valence-electron chi connectivity index (χ1n) is 6.76. The second-order valence-corrected chi connectivity index (χ2v) is 5.96. The van der Waals surface area contributed by atoms with E-state index in [4.69, 9.17) is 5.11 Å². The maximum Gasteiger partial charge on any atom is 0.327 e. The van der Waals surface area contributed by atoms with Crippen LogP contribution < -0.4 is 5.32 Å². The number of carboxylic acids is 1. The van der Waals surface area contributed by atoms with Crippen LogP contribution in [-0.4, -0.2) is 70.8 Å². The third-order valence-electron chi connectivity index (χ3n) is 3.58. The van der Waals surface area contributed by atoms with Gasteiger partial charge in [0.2, 0.25) is 0 Å². The molecule has 0 radical (unpaired) electrons. The molecule has 2 aliphatic heterocycles. The minimum absolute atomic E-state index is 0.255. The van der Waals surface area contributed by atoms with Crippen molar-refractivity contribution in [3.63, 3.8) is 0 Å². The van der Waals surface area contributed by atoms with Gasteiger partial charge in [-0.15, -0.1) is 11.8 Å². The zero-order valence-corrected chi connectivity index (χ0v) is 11.8. The number of aliphatic carboxylic acids is 1. The lowest BCUT2D eigenvalue weighted by molar-refractivity contribution is -0.140. The summed E-state index contributed by atoms with van der Waals surface area (Å²) in [4.78, 5) is 26.7. The van der Waals surface area contributed by atoms with Crippen molar-refractivity contribution < 1.29 is 14.7 Å². The molecule has 6 nitrogen and oxygen atoms in total. The van der Waals surface area contributed by atoms with Crippen molar-refractivity contribution in [2.45, 2.75) is 25.3 Å². The quantitative estimate of drug-likeness (QED) is 0.794. The molecule has 2 N–H and O–H groups in total. The Morgan fingerprint density at radius 2 is 2.00 bits per heavy atom. The Hall–Kier alpha value is -0.950. The van der Waals surface area contributed by atoms with Crippen LogP contribution in [0.5, 0.6) is 0 Å². The molecule has 19 heavy (non-hydrogen) atoms. The van der Waals surface area contributed by atoms with Crippen LogP contribution >= 0.6 is 11.8 Å². The Morgan fingerprint density at radius 1 is 1.26 bits per heavy atom. The third-order valence-corrected chi connectivity index (χ3v) is 4.59. The summed E-state index contributed by atoms with van der Waals surface area (Å²) in [5.41, 5.74) is 0. The van der Waals surface area contributed by atoms with E-state index in [1.807, 2.05) is 0 Å². The number of hydrogen-bond acceptors (Lipinski definition) is 4. The fourth-order valence-corrected chi connectivity index (χ4v) is 3.60. The third kappa shape index (κ3) is 4.01. The molecule has 0 saturated carbocycles. The Balaban J connectivity index is 1.70. The molecular formula is C12H21N3O3S. The number of carboxylic acid groups (broad SMARTS) is 1. The summed E-state index contributed by atoms with van der Waals surface area (Å²) in [6.07, 6.45) is 3.77. The van der Waals surface area contributed by atoms with Gasteiger partial charge in [0.05, 0.1) is 5.88 Å². The van der Waals surface area contributed by atoms with Gasteiger partial charge in [0.1, 0.15) is 6.04 Å². The number of amides is 2. The van der Waals surface area contributed by atoms with Gasteiger partial charge in [0.15, 0.2) is 0 Å². The summed E-state index contributed by atoms with van der Waals surface area (Å²) < 4.78 is 0. The summed E-state index contributed by atoms with van der Waals surface area (Å²) in [7, 11) is 0. The van der Waals surface area contributed by atoms with Crippen molar-refractivity contribution in [1.82, 2.24) is 15.1 Å². The predicted molar refractivity (Wildman–Crippen MR) is 74.3 cm³/mol. The van der Waals surface area contributed by atoms with Crippen LogP contribution in [0.15, 0.2) is 0 Å². The molecular weight excluding hydrogens is 266 g/mol. The summed E-state index contributed by atoms with van der Waals surface area (Å²) >= 11 is 1.48. The molecule has 2 rings (SSSR count). The first kappa shape index (κ1) is 14.5.